The van der Waals surface area contributed by atoms with Gasteiger partial charge in [0.05, 0.1) is 18.0 Å². The first-order valence-corrected chi connectivity index (χ1v) is 5.86. The summed E-state index contributed by atoms with van der Waals surface area (Å²) in [4.78, 5) is 4.05. The molecule has 0 bridgehead atoms. The van der Waals surface area contributed by atoms with E-state index in [4.69, 9.17) is 10.5 Å². The average molecular weight is 221 g/mol. The lowest BCUT2D eigenvalue weighted by Gasteiger charge is -2.17. The number of hydrogen-bond donors (Lipinski definition) is 2. The Labute approximate surface area is 96.2 Å². The number of nitrogen functional groups attached to an aromatic ring is 1. The van der Waals surface area contributed by atoms with Crippen LogP contribution in [0, 0.1) is 5.92 Å². The van der Waals surface area contributed by atoms with Crippen LogP contribution in [0.25, 0.3) is 0 Å². The van der Waals surface area contributed by atoms with Gasteiger partial charge in [0.2, 0.25) is 0 Å². The largest absolute Gasteiger partial charge is 0.384 e. The molecule has 1 saturated heterocycles. The van der Waals surface area contributed by atoms with Crippen LogP contribution in [-0.4, -0.2) is 24.2 Å². The van der Waals surface area contributed by atoms with Gasteiger partial charge in [-0.05, 0) is 25.0 Å². The Balaban J connectivity index is 1.85. The van der Waals surface area contributed by atoms with E-state index in [1.54, 1.807) is 6.20 Å². The van der Waals surface area contributed by atoms with Crippen LogP contribution in [0.15, 0.2) is 18.3 Å². The molecule has 4 heteroatoms. The molecule has 0 aromatic carbocycles. The highest BCUT2D eigenvalue weighted by molar-refractivity contribution is 5.45. The molecular formula is C12H19N3O. The predicted octanol–water partition coefficient (Wildman–Crippen LogP) is 1.89. The molecule has 88 valence electrons. The molecule has 3 N–H and O–H groups in total. The van der Waals surface area contributed by atoms with Crippen molar-refractivity contribution in [2.75, 3.05) is 24.2 Å². The van der Waals surface area contributed by atoms with Gasteiger partial charge in [-0.1, -0.05) is 6.92 Å². The summed E-state index contributed by atoms with van der Waals surface area (Å²) in [6, 6.07) is 3.77. The number of anilines is 2. The molecule has 2 unspecified atom stereocenters. The minimum Gasteiger partial charge on any atom is -0.384 e. The van der Waals surface area contributed by atoms with Crippen LogP contribution in [0.3, 0.4) is 0 Å². The molecule has 1 fully saturated rings. The van der Waals surface area contributed by atoms with E-state index in [-0.39, 0.29) is 0 Å². The summed E-state index contributed by atoms with van der Waals surface area (Å²) >= 11 is 0. The third kappa shape index (κ3) is 2.64. The van der Waals surface area contributed by atoms with Crippen molar-refractivity contribution in [3.63, 3.8) is 0 Å². The SMILES string of the molecule is CCC1OCCC1CNc1ccc(N)nc1. The van der Waals surface area contributed by atoms with Gasteiger partial charge in [0.1, 0.15) is 5.82 Å². The molecule has 4 nitrogen and oxygen atoms in total. The zero-order valence-corrected chi connectivity index (χ0v) is 9.65. The molecule has 1 aromatic heterocycles. The second kappa shape index (κ2) is 5.16. The van der Waals surface area contributed by atoms with E-state index in [1.165, 1.54) is 0 Å². The normalized spacial score (nSPS) is 24.6. The van der Waals surface area contributed by atoms with Gasteiger partial charge in [0, 0.05) is 19.1 Å². The summed E-state index contributed by atoms with van der Waals surface area (Å²) in [5.41, 5.74) is 6.55. The lowest BCUT2D eigenvalue weighted by molar-refractivity contribution is 0.0900. The summed E-state index contributed by atoms with van der Waals surface area (Å²) < 4.78 is 5.65. The fraction of sp³-hybridized carbons (Fsp3) is 0.583. The number of nitrogens with one attached hydrogen (secondary N) is 1. The van der Waals surface area contributed by atoms with Gasteiger partial charge in [-0.15, -0.1) is 0 Å². The summed E-state index contributed by atoms with van der Waals surface area (Å²) in [5, 5.41) is 3.38. The monoisotopic (exact) mass is 221 g/mol. The zero-order valence-electron chi connectivity index (χ0n) is 9.65. The third-order valence-electron chi connectivity index (χ3n) is 3.10. The fourth-order valence-electron chi connectivity index (χ4n) is 2.14. The maximum absolute atomic E-state index is 5.65. The van der Waals surface area contributed by atoms with Crippen molar-refractivity contribution in [1.82, 2.24) is 4.98 Å². The molecule has 0 saturated carbocycles. The Hall–Kier alpha value is -1.29. The number of aromatic nitrogens is 1. The topological polar surface area (TPSA) is 60.2 Å². The van der Waals surface area contributed by atoms with E-state index in [9.17, 15) is 0 Å². The van der Waals surface area contributed by atoms with E-state index >= 15 is 0 Å². The number of hydrogen-bond acceptors (Lipinski definition) is 4. The van der Waals surface area contributed by atoms with Gasteiger partial charge in [-0.25, -0.2) is 4.98 Å². The summed E-state index contributed by atoms with van der Waals surface area (Å²) in [7, 11) is 0. The summed E-state index contributed by atoms with van der Waals surface area (Å²) in [5.74, 6) is 1.17. The van der Waals surface area contributed by atoms with Gasteiger partial charge in [-0.2, -0.15) is 0 Å². The van der Waals surface area contributed by atoms with Crippen molar-refractivity contribution < 1.29 is 4.74 Å². The lowest BCUT2D eigenvalue weighted by Crippen LogP contribution is -2.22. The van der Waals surface area contributed by atoms with Crippen molar-refractivity contribution in [3.8, 4) is 0 Å². The maximum atomic E-state index is 5.65. The zero-order chi connectivity index (χ0) is 11.4. The molecule has 0 spiro atoms. The highest BCUT2D eigenvalue weighted by atomic mass is 16.5. The first kappa shape index (κ1) is 11.2. The summed E-state index contributed by atoms with van der Waals surface area (Å²) in [6.07, 6.45) is 4.42. The number of nitrogens with two attached hydrogens (primary N) is 1. The van der Waals surface area contributed by atoms with Gasteiger partial charge < -0.3 is 15.8 Å². The van der Waals surface area contributed by atoms with Crippen molar-refractivity contribution in [3.05, 3.63) is 18.3 Å². The van der Waals surface area contributed by atoms with E-state index in [1.807, 2.05) is 12.1 Å². The molecule has 1 aromatic rings. The molecule has 2 rings (SSSR count). The van der Waals surface area contributed by atoms with Gasteiger partial charge in [-0.3, -0.25) is 0 Å². The first-order valence-electron chi connectivity index (χ1n) is 5.86. The molecule has 0 aliphatic carbocycles. The number of nitrogens with zero attached hydrogens (tertiary/aromatic N) is 1. The maximum Gasteiger partial charge on any atom is 0.123 e. The minimum absolute atomic E-state index is 0.411. The van der Waals surface area contributed by atoms with E-state index in [2.05, 4.69) is 17.2 Å². The van der Waals surface area contributed by atoms with Crippen LogP contribution in [-0.2, 0) is 4.74 Å². The van der Waals surface area contributed by atoms with Crippen molar-refractivity contribution in [2.45, 2.75) is 25.9 Å². The van der Waals surface area contributed by atoms with Crippen molar-refractivity contribution >= 4 is 11.5 Å². The number of pyridine rings is 1. The fourth-order valence-corrected chi connectivity index (χ4v) is 2.14. The Kier molecular flexibility index (Phi) is 3.62. The minimum atomic E-state index is 0.411. The molecule has 0 amide bonds. The predicted molar refractivity (Wildman–Crippen MR) is 65.3 cm³/mol. The quantitative estimate of drug-likeness (QED) is 0.815. The third-order valence-corrected chi connectivity index (χ3v) is 3.10. The molecule has 16 heavy (non-hydrogen) atoms. The molecule has 1 aliphatic heterocycles. The second-order valence-electron chi connectivity index (χ2n) is 4.22. The highest BCUT2D eigenvalue weighted by Crippen LogP contribution is 2.23. The smallest absolute Gasteiger partial charge is 0.123 e. The molecule has 2 heterocycles. The highest BCUT2D eigenvalue weighted by Gasteiger charge is 2.26. The second-order valence-corrected chi connectivity index (χ2v) is 4.22. The Bertz CT molecular complexity index is 326. The van der Waals surface area contributed by atoms with E-state index < -0.39 is 0 Å². The van der Waals surface area contributed by atoms with E-state index in [0.29, 0.717) is 17.8 Å². The molecule has 1 aliphatic rings. The van der Waals surface area contributed by atoms with Crippen LogP contribution >= 0.6 is 0 Å². The van der Waals surface area contributed by atoms with Gasteiger partial charge in [0.25, 0.3) is 0 Å². The molecular weight excluding hydrogens is 202 g/mol. The van der Waals surface area contributed by atoms with Crippen LogP contribution in [0.2, 0.25) is 0 Å². The number of rotatable bonds is 4. The Morgan fingerprint density at radius 2 is 2.44 bits per heavy atom. The Morgan fingerprint density at radius 3 is 3.12 bits per heavy atom. The van der Waals surface area contributed by atoms with Crippen LogP contribution in [0.5, 0.6) is 0 Å². The van der Waals surface area contributed by atoms with Crippen LogP contribution < -0.4 is 11.1 Å². The van der Waals surface area contributed by atoms with Crippen molar-refractivity contribution in [1.29, 1.82) is 0 Å². The van der Waals surface area contributed by atoms with Crippen molar-refractivity contribution in [2.24, 2.45) is 5.92 Å². The number of ether oxygens (including phenoxy) is 1. The lowest BCUT2D eigenvalue weighted by atomic mass is 10.00. The molecule has 0 radical (unpaired) electrons. The Morgan fingerprint density at radius 1 is 1.56 bits per heavy atom. The van der Waals surface area contributed by atoms with Crippen LogP contribution in [0.1, 0.15) is 19.8 Å². The average Bonchev–Trinajstić information content (AvgIpc) is 2.76. The van der Waals surface area contributed by atoms with Crippen LogP contribution in [0.4, 0.5) is 11.5 Å². The van der Waals surface area contributed by atoms with E-state index in [0.717, 1.165) is 31.7 Å². The summed E-state index contributed by atoms with van der Waals surface area (Å²) in [6.45, 7) is 4.02. The standard InChI is InChI=1S/C12H19N3O/c1-2-11-9(5-6-16-11)7-14-10-3-4-12(13)15-8-10/h3-4,8-9,11,14H,2,5-7H2,1H3,(H2,13,15). The van der Waals surface area contributed by atoms with Gasteiger partial charge in [0.15, 0.2) is 0 Å². The van der Waals surface area contributed by atoms with Gasteiger partial charge >= 0.3 is 0 Å². The molecule has 2 atom stereocenters. The first-order chi connectivity index (χ1) is 7.79.